The van der Waals surface area contributed by atoms with E-state index in [1.54, 1.807) is 0 Å². The van der Waals surface area contributed by atoms with Crippen LogP contribution in [0.25, 0.3) is 6.08 Å². The minimum absolute atomic E-state index is 0.594. The molecule has 0 aliphatic heterocycles. The van der Waals surface area contributed by atoms with Crippen LogP contribution in [0.15, 0.2) is 65.1 Å². The Labute approximate surface area is 124 Å². The van der Waals surface area contributed by atoms with Gasteiger partial charge in [0.25, 0.3) is 6.01 Å². The molecule has 0 spiro atoms. The van der Waals surface area contributed by atoms with Gasteiger partial charge in [0.05, 0.1) is 17.8 Å². The summed E-state index contributed by atoms with van der Waals surface area (Å²) in [4.78, 5) is 0. The summed E-state index contributed by atoms with van der Waals surface area (Å²) < 4.78 is 19.4. The van der Waals surface area contributed by atoms with Gasteiger partial charge >= 0.3 is 0 Å². The van der Waals surface area contributed by atoms with Crippen molar-refractivity contribution in [3.8, 4) is 0 Å². The molecule has 0 saturated carbocycles. The second kappa shape index (κ2) is 7.36. The maximum Gasteiger partial charge on any atom is 0.285 e. The van der Waals surface area contributed by atoms with E-state index in [9.17, 15) is 4.39 Å². The Morgan fingerprint density at radius 3 is 2.47 bits per heavy atom. The molecule has 4 heteroatoms. The predicted octanol–water partition coefficient (Wildman–Crippen LogP) is 5.58. The zero-order valence-electron chi connectivity index (χ0n) is 10.1. The Morgan fingerprint density at radius 2 is 1.79 bits per heavy atom. The molecule has 0 aliphatic carbocycles. The van der Waals surface area contributed by atoms with Gasteiger partial charge in [-0.1, -0.05) is 58.4 Å². The molecule has 19 heavy (non-hydrogen) atoms. The number of hydrogen-bond acceptors (Lipinski definition) is 2. The molecule has 0 atom stereocenters. The Kier molecular flexibility index (Phi) is 5.48. The molecule has 0 aromatic heterocycles. The van der Waals surface area contributed by atoms with E-state index >= 15 is 0 Å². The molecule has 0 bridgehead atoms. The Bertz CT molecular complexity index is 540. The first kappa shape index (κ1) is 14.2. The summed E-state index contributed by atoms with van der Waals surface area (Å²) in [6.07, 6.45) is 1.37. The first-order chi connectivity index (χ1) is 9.24. The Balaban J connectivity index is 1.84. The fourth-order valence-corrected chi connectivity index (χ4v) is 2.25. The lowest BCUT2D eigenvalue weighted by atomic mass is 10.2. The predicted molar refractivity (Wildman–Crippen MR) is 82.0 cm³/mol. The molecule has 98 valence electrons. The van der Waals surface area contributed by atoms with E-state index in [-0.39, 0.29) is 0 Å². The van der Waals surface area contributed by atoms with Crippen molar-refractivity contribution < 1.29 is 8.57 Å². The Morgan fingerprint density at radius 1 is 1.11 bits per heavy atom. The van der Waals surface area contributed by atoms with Gasteiger partial charge < -0.3 is 4.18 Å². The van der Waals surface area contributed by atoms with Gasteiger partial charge in [-0.25, -0.2) is 0 Å². The van der Waals surface area contributed by atoms with Crippen LogP contribution in [0.5, 0.6) is 0 Å². The lowest BCUT2D eigenvalue weighted by Gasteiger charge is -2.02. The molecule has 2 rings (SSSR count). The number of benzene rings is 2. The van der Waals surface area contributed by atoms with Crippen LogP contribution < -0.4 is 0 Å². The second-order valence-corrected chi connectivity index (χ2v) is 5.44. The normalized spacial score (nSPS) is 11.4. The smallest absolute Gasteiger partial charge is 0.285 e. The third-order valence-corrected chi connectivity index (χ3v) is 3.61. The third-order valence-electron chi connectivity index (χ3n) is 2.36. The standard InChI is InChI=1S/C15H12BrFOS/c16-14-8-6-12(7-9-14)10-15(17)18-19-11-13-4-2-1-3-5-13/h1-10H,11H2/b15-10+. The largest absolute Gasteiger partial charge is 0.396 e. The zero-order valence-corrected chi connectivity index (χ0v) is 12.5. The van der Waals surface area contributed by atoms with Crippen molar-refractivity contribution in [1.29, 1.82) is 0 Å². The maximum absolute atomic E-state index is 13.5. The van der Waals surface area contributed by atoms with Crippen LogP contribution in [0.1, 0.15) is 11.1 Å². The minimum Gasteiger partial charge on any atom is -0.396 e. The van der Waals surface area contributed by atoms with Crippen LogP contribution in [0.4, 0.5) is 4.39 Å². The van der Waals surface area contributed by atoms with Crippen LogP contribution in [0.2, 0.25) is 0 Å². The molecule has 1 nitrogen and oxygen atoms in total. The highest BCUT2D eigenvalue weighted by atomic mass is 79.9. The van der Waals surface area contributed by atoms with Gasteiger partial charge in [0.1, 0.15) is 0 Å². The summed E-state index contributed by atoms with van der Waals surface area (Å²) in [5.74, 6) is 0.614. The molecule has 0 aliphatic rings. The van der Waals surface area contributed by atoms with Gasteiger partial charge in [0.15, 0.2) is 0 Å². The molecule has 0 saturated heterocycles. The van der Waals surface area contributed by atoms with E-state index in [4.69, 9.17) is 4.18 Å². The molecule has 0 amide bonds. The monoisotopic (exact) mass is 338 g/mol. The van der Waals surface area contributed by atoms with E-state index in [0.717, 1.165) is 27.6 Å². The third kappa shape index (κ3) is 5.09. The van der Waals surface area contributed by atoms with Crippen molar-refractivity contribution in [1.82, 2.24) is 0 Å². The van der Waals surface area contributed by atoms with Crippen LogP contribution in [0, 0.1) is 0 Å². The number of rotatable bonds is 5. The Hall–Kier alpha value is -1.26. The van der Waals surface area contributed by atoms with Gasteiger partial charge in [0, 0.05) is 10.5 Å². The van der Waals surface area contributed by atoms with Crippen LogP contribution in [-0.4, -0.2) is 0 Å². The van der Waals surface area contributed by atoms with E-state index in [1.807, 2.05) is 54.6 Å². The molecule has 0 fully saturated rings. The van der Waals surface area contributed by atoms with Crippen LogP contribution in [-0.2, 0) is 9.94 Å². The van der Waals surface area contributed by atoms with E-state index < -0.39 is 6.01 Å². The van der Waals surface area contributed by atoms with E-state index in [1.165, 1.54) is 6.08 Å². The quantitative estimate of drug-likeness (QED) is 0.519. The van der Waals surface area contributed by atoms with Crippen molar-refractivity contribution >= 4 is 34.0 Å². The summed E-state index contributed by atoms with van der Waals surface area (Å²) in [5.41, 5.74) is 1.87. The molecule has 0 heterocycles. The molecule has 0 radical (unpaired) electrons. The zero-order chi connectivity index (χ0) is 13.5. The second-order valence-electron chi connectivity index (χ2n) is 3.83. The average Bonchev–Trinajstić information content (AvgIpc) is 2.43. The number of hydrogen-bond donors (Lipinski definition) is 0. The van der Waals surface area contributed by atoms with Gasteiger partial charge in [0.2, 0.25) is 0 Å². The summed E-state index contributed by atoms with van der Waals surface area (Å²) in [6.45, 7) is 0. The summed E-state index contributed by atoms with van der Waals surface area (Å²) >= 11 is 4.41. The molecule has 2 aromatic rings. The fourth-order valence-electron chi connectivity index (χ4n) is 1.44. The summed E-state index contributed by atoms with van der Waals surface area (Å²) in [5, 5.41) is 0. The van der Waals surface area contributed by atoms with Crippen molar-refractivity contribution in [3.63, 3.8) is 0 Å². The van der Waals surface area contributed by atoms with Crippen molar-refractivity contribution in [2.45, 2.75) is 5.75 Å². The lowest BCUT2D eigenvalue weighted by Crippen LogP contribution is -1.82. The lowest BCUT2D eigenvalue weighted by molar-refractivity contribution is 0.350. The molecule has 0 unspecified atom stereocenters. The molecular formula is C15H12BrFOS. The highest BCUT2D eigenvalue weighted by Crippen LogP contribution is 2.20. The van der Waals surface area contributed by atoms with Gasteiger partial charge in [-0.2, -0.15) is 4.39 Å². The molecule has 2 aromatic carbocycles. The van der Waals surface area contributed by atoms with Crippen molar-refractivity contribution in [2.24, 2.45) is 0 Å². The number of halogens is 2. The first-order valence-corrected chi connectivity index (χ1v) is 7.40. The minimum atomic E-state index is -0.594. The maximum atomic E-state index is 13.5. The average molecular weight is 339 g/mol. The fraction of sp³-hybridized carbons (Fsp3) is 0.0667. The van der Waals surface area contributed by atoms with Crippen molar-refractivity contribution in [2.75, 3.05) is 0 Å². The molecular weight excluding hydrogens is 327 g/mol. The highest BCUT2D eigenvalue weighted by Gasteiger charge is 1.99. The van der Waals surface area contributed by atoms with Crippen molar-refractivity contribution in [3.05, 3.63) is 76.2 Å². The summed E-state index contributed by atoms with van der Waals surface area (Å²) in [6, 6.07) is 16.6. The van der Waals surface area contributed by atoms with Gasteiger partial charge in [-0.05, 0) is 23.3 Å². The van der Waals surface area contributed by atoms with E-state index in [0.29, 0.717) is 5.75 Å². The first-order valence-electron chi connectivity index (χ1n) is 5.70. The summed E-state index contributed by atoms with van der Waals surface area (Å²) in [7, 11) is 0. The molecule has 0 N–H and O–H groups in total. The van der Waals surface area contributed by atoms with Crippen LogP contribution >= 0.6 is 28.0 Å². The van der Waals surface area contributed by atoms with Crippen LogP contribution in [0.3, 0.4) is 0 Å². The topological polar surface area (TPSA) is 9.23 Å². The van der Waals surface area contributed by atoms with E-state index in [2.05, 4.69) is 15.9 Å². The van der Waals surface area contributed by atoms with Gasteiger partial charge in [-0.3, -0.25) is 0 Å². The highest BCUT2D eigenvalue weighted by molar-refractivity contribution is 9.10. The SMILES string of the molecule is F/C(=C\c1ccc(Br)cc1)OSCc1ccccc1. The van der Waals surface area contributed by atoms with Gasteiger partial charge in [-0.15, -0.1) is 0 Å².